The molecule has 0 N–H and O–H groups in total. The van der Waals surface area contributed by atoms with Crippen LogP contribution in [0.25, 0.3) is 5.57 Å². The molecule has 128 valence electrons. The van der Waals surface area contributed by atoms with E-state index in [4.69, 9.17) is 0 Å². The van der Waals surface area contributed by atoms with Gasteiger partial charge in [-0.25, -0.2) is 4.39 Å². The van der Waals surface area contributed by atoms with Gasteiger partial charge in [-0.15, -0.1) is 0 Å². The average Bonchev–Trinajstić information content (AvgIpc) is 2.62. The van der Waals surface area contributed by atoms with Gasteiger partial charge in [-0.2, -0.15) is 0 Å². The average molecular weight is 397 g/mol. The molecule has 0 saturated heterocycles. The van der Waals surface area contributed by atoms with Crippen LogP contribution in [0.1, 0.15) is 55.7 Å². The van der Waals surface area contributed by atoms with Gasteiger partial charge in [0.2, 0.25) is 0 Å². The second kappa shape index (κ2) is 8.50. The summed E-state index contributed by atoms with van der Waals surface area (Å²) >= 11 is 3.26. The summed E-state index contributed by atoms with van der Waals surface area (Å²) in [6, 6.07) is 13.3. The molecule has 0 saturated carbocycles. The zero-order valence-electron chi connectivity index (χ0n) is 14.5. The van der Waals surface area contributed by atoms with Crippen LogP contribution in [0.5, 0.6) is 0 Å². The minimum absolute atomic E-state index is 0.299. The van der Waals surface area contributed by atoms with Crippen LogP contribution >= 0.6 is 15.9 Å². The van der Waals surface area contributed by atoms with Gasteiger partial charge in [0.25, 0.3) is 0 Å². The first-order chi connectivity index (χ1) is 12.2. The number of rotatable bonds is 3. The Balaban J connectivity index is 1.70. The predicted octanol–water partition coefficient (Wildman–Crippen LogP) is 6.97. The van der Waals surface area contributed by atoms with Gasteiger partial charge >= 0.3 is 0 Å². The normalized spacial score (nSPS) is 16.8. The van der Waals surface area contributed by atoms with Crippen molar-refractivity contribution in [1.82, 2.24) is 0 Å². The lowest BCUT2D eigenvalue weighted by atomic mass is 9.84. The van der Waals surface area contributed by atoms with Crippen LogP contribution < -0.4 is 0 Å². The largest absolute Gasteiger partial charge is 0.206 e. The highest BCUT2D eigenvalue weighted by Gasteiger charge is 2.14. The summed E-state index contributed by atoms with van der Waals surface area (Å²) in [4.78, 5) is 0. The molecule has 1 aliphatic carbocycles. The van der Waals surface area contributed by atoms with Crippen molar-refractivity contribution in [3.63, 3.8) is 0 Å². The number of benzene rings is 2. The molecule has 0 aromatic heterocycles. The van der Waals surface area contributed by atoms with Crippen molar-refractivity contribution in [2.45, 2.75) is 39.0 Å². The van der Waals surface area contributed by atoms with E-state index < -0.39 is 0 Å². The number of halogens is 2. The van der Waals surface area contributed by atoms with Crippen LogP contribution in [0.3, 0.4) is 0 Å². The van der Waals surface area contributed by atoms with Gasteiger partial charge in [0.15, 0.2) is 0 Å². The van der Waals surface area contributed by atoms with E-state index in [1.165, 1.54) is 49.3 Å². The van der Waals surface area contributed by atoms with Gasteiger partial charge in [0.1, 0.15) is 5.82 Å². The summed E-state index contributed by atoms with van der Waals surface area (Å²) in [5, 5.41) is 0. The van der Waals surface area contributed by atoms with E-state index in [-0.39, 0.29) is 5.82 Å². The molecule has 0 amide bonds. The second-order valence-corrected chi connectivity index (χ2v) is 7.53. The summed E-state index contributed by atoms with van der Waals surface area (Å²) in [5.41, 5.74) is 4.07. The van der Waals surface area contributed by atoms with E-state index in [1.807, 2.05) is 12.1 Å². The summed E-state index contributed by atoms with van der Waals surface area (Å²) in [5.74, 6) is 6.53. The van der Waals surface area contributed by atoms with E-state index in [0.29, 0.717) is 5.56 Å². The second-order valence-electron chi connectivity index (χ2n) is 6.61. The summed E-state index contributed by atoms with van der Waals surface area (Å²) in [6.07, 6.45) is 8.68. The van der Waals surface area contributed by atoms with Crippen LogP contribution in [-0.4, -0.2) is 0 Å². The Morgan fingerprint density at radius 2 is 1.92 bits per heavy atom. The van der Waals surface area contributed by atoms with Crippen molar-refractivity contribution in [1.29, 1.82) is 0 Å². The summed E-state index contributed by atoms with van der Waals surface area (Å²) in [7, 11) is 0. The maximum Gasteiger partial charge on any atom is 0.139 e. The molecule has 25 heavy (non-hydrogen) atoms. The predicted molar refractivity (Wildman–Crippen MR) is 107 cm³/mol. The summed E-state index contributed by atoms with van der Waals surface area (Å²) in [6.45, 7) is 2.26. The molecular weight excluding hydrogens is 375 g/mol. The molecule has 0 aliphatic heterocycles. The molecule has 0 spiro atoms. The highest BCUT2D eigenvalue weighted by atomic mass is 79.9. The number of hydrogen-bond acceptors (Lipinski definition) is 0. The van der Waals surface area contributed by atoms with Gasteiger partial charge in [0, 0.05) is 10.0 Å². The van der Waals surface area contributed by atoms with Crippen LogP contribution in [0.15, 0.2) is 53.0 Å². The number of hydrogen-bond donors (Lipinski definition) is 0. The molecule has 2 aromatic rings. The van der Waals surface area contributed by atoms with E-state index in [9.17, 15) is 4.39 Å². The topological polar surface area (TPSA) is 0 Å². The quantitative estimate of drug-likeness (QED) is 0.491. The Morgan fingerprint density at radius 1 is 1.12 bits per heavy atom. The molecule has 3 rings (SSSR count). The molecule has 0 heterocycles. The third kappa shape index (κ3) is 4.83. The van der Waals surface area contributed by atoms with Gasteiger partial charge < -0.3 is 0 Å². The molecule has 1 aliphatic rings. The van der Waals surface area contributed by atoms with E-state index in [2.05, 4.69) is 52.9 Å². The molecule has 0 bridgehead atoms. The fraction of sp³-hybridized carbons (Fsp3) is 0.304. The van der Waals surface area contributed by atoms with Crippen molar-refractivity contribution in [3.05, 3.63) is 75.5 Å². The van der Waals surface area contributed by atoms with E-state index in [1.54, 1.807) is 12.1 Å². The minimum atomic E-state index is -0.299. The van der Waals surface area contributed by atoms with Crippen LogP contribution in [0, 0.1) is 23.6 Å². The van der Waals surface area contributed by atoms with Crippen molar-refractivity contribution in [3.8, 4) is 11.8 Å². The van der Waals surface area contributed by atoms with Gasteiger partial charge in [-0.05, 0) is 66.6 Å². The zero-order valence-corrected chi connectivity index (χ0v) is 16.1. The third-order valence-corrected chi connectivity index (χ3v) is 5.24. The Labute approximate surface area is 158 Å². The fourth-order valence-corrected chi connectivity index (χ4v) is 3.65. The molecule has 1 atom stereocenters. The Kier molecular flexibility index (Phi) is 6.10. The zero-order chi connectivity index (χ0) is 17.6. The van der Waals surface area contributed by atoms with Crippen LogP contribution in [0.2, 0.25) is 0 Å². The first-order valence-corrected chi connectivity index (χ1v) is 9.71. The molecule has 2 aromatic carbocycles. The minimum Gasteiger partial charge on any atom is -0.206 e. The van der Waals surface area contributed by atoms with E-state index in [0.717, 1.165) is 16.0 Å². The first kappa shape index (κ1) is 18.0. The monoisotopic (exact) mass is 396 g/mol. The standard InChI is InChI=1S/C23H22BrF/c1-2-3-17-4-9-19(10-5-17)20-11-6-18(7-12-20)8-13-21-14-15-22(24)16-23(21)25/h6-7,9,11-12,14-17H,2-5,10H2,1H3. The lowest BCUT2D eigenvalue weighted by Crippen LogP contribution is -2.04. The SMILES string of the molecule is CCCC1CC=C(c2ccc(C#Cc3ccc(Br)cc3F)cc2)CC1. The molecule has 1 unspecified atom stereocenters. The third-order valence-electron chi connectivity index (χ3n) is 4.74. The Hall–Kier alpha value is -1.85. The van der Waals surface area contributed by atoms with Gasteiger partial charge in [-0.3, -0.25) is 0 Å². The smallest absolute Gasteiger partial charge is 0.139 e. The fourth-order valence-electron chi connectivity index (χ4n) is 3.32. The van der Waals surface area contributed by atoms with E-state index >= 15 is 0 Å². The highest BCUT2D eigenvalue weighted by Crippen LogP contribution is 2.32. The molecule has 0 fully saturated rings. The Bertz CT molecular complexity index is 821. The van der Waals surface area contributed by atoms with Crippen molar-refractivity contribution in [2.75, 3.05) is 0 Å². The van der Waals surface area contributed by atoms with Crippen molar-refractivity contribution >= 4 is 21.5 Å². The highest BCUT2D eigenvalue weighted by molar-refractivity contribution is 9.10. The van der Waals surface area contributed by atoms with Crippen LogP contribution in [0.4, 0.5) is 4.39 Å². The van der Waals surface area contributed by atoms with Gasteiger partial charge in [-0.1, -0.05) is 65.7 Å². The van der Waals surface area contributed by atoms with Crippen molar-refractivity contribution < 1.29 is 4.39 Å². The molecular formula is C23H22BrF. The lowest BCUT2D eigenvalue weighted by Gasteiger charge is -2.21. The maximum atomic E-state index is 13.8. The molecule has 0 radical (unpaired) electrons. The number of allylic oxidation sites excluding steroid dienone is 2. The first-order valence-electron chi connectivity index (χ1n) is 8.92. The molecule has 2 heteroatoms. The van der Waals surface area contributed by atoms with Crippen LogP contribution in [-0.2, 0) is 0 Å². The van der Waals surface area contributed by atoms with Gasteiger partial charge in [0.05, 0.1) is 5.56 Å². The lowest BCUT2D eigenvalue weighted by molar-refractivity contribution is 0.445. The molecule has 0 nitrogen and oxygen atoms in total. The maximum absolute atomic E-state index is 13.8. The van der Waals surface area contributed by atoms with Crippen molar-refractivity contribution in [2.24, 2.45) is 5.92 Å². The Morgan fingerprint density at radius 3 is 2.56 bits per heavy atom. The summed E-state index contributed by atoms with van der Waals surface area (Å²) < 4.78 is 14.5.